The number of benzene rings is 2. The van der Waals surface area contributed by atoms with E-state index < -0.39 is 0 Å². The number of carbonyl (C=O) groups is 1. The molecule has 0 bridgehead atoms. The second-order valence-corrected chi connectivity index (χ2v) is 10.2. The average Bonchev–Trinajstić information content (AvgIpc) is 2.79. The number of hydrogen-bond acceptors (Lipinski definition) is 5. The highest BCUT2D eigenvalue weighted by Crippen LogP contribution is 2.34. The van der Waals surface area contributed by atoms with Gasteiger partial charge in [-0.2, -0.15) is 0 Å². The van der Waals surface area contributed by atoms with Gasteiger partial charge in [-0.3, -0.25) is 9.69 Å². The highest BCUT2D eigenvalue weighted by atomic mass is 35.5. The van der Waals surface area contributed by atoms with Crippen LogP contribution in [0.2, 0.25) is 5.02 Å². The van der Waals surface area contributed by atoms with Gasteiger partial charge in [-0.25, -0.2) is 0 Å². The Labute approximate surface area is 215 Å². The first-order valence-electron chi connectivity index (χ1n) is 12.4. The van der Waals surface area contributed by atoms with Crippen LogP contribution in [0.3, 0.4) is 0 Å². The van der Waals surface area contributed by atoms with Crippen LogP contribution in [-0.2, 0) is 0 Å². The van der Waals surface area contributed by atoms with Gasteiger partial charge in [-0.15, -0.1) is 0 Å². The second-order valence-electron chi connectivity index (χ2n) is 9.82. The molecule has 1 atom stereocenters. The number of rotatable bonds is 12. The number of ether oxygens (including phenoxy) is 2. The van der Waals surface area contributed by atoms with Crippen LogP contribution in [0.1, 0.15) is 52.9 Å². The molecule has 1 aliphatic heterocycles. The fourth-order valence-electron chi connectivity index (χ4n) is 4.54. The van der Waals surface area contributed by atoms with Crippen molar-refractivity contribution in [2.75, 3.05) is 54.0 Å². The van der Waals surface area contributed by atoms with Crippen molar-refractivity contribution in [3.63, 3.8) is 0 Å². The molecule has 0 aliphatic carbocycles. The highest BCUT2D eigenvalue weighted by molar-refractivity contribution is 6.32. The van der Waals surface area contributed by atoms with Gasteiger partial charge < -0.3 is 19.7 Å². The van der Waals surface area contributed by atoms with Crippen molar-refractivity contribution in [3.8, 4) is 11.5 Å². The molecule has 1 aliphatic rings. The van der Waals surface area contributed by atoms with Gasteiger partial charge in [0.1, 0.15) is 11.5 Å². The molecular formula is C28H40ClN3O3. The minimum atomic E-state index is -0.107. The van der Waals surface area contributed by atoms with Gasteiger partial charge in [0.25, 0.3) is 5.91 Å². The van der Waals surface area contributed by atoms with Gasteiger partial charge in [-0.1, -0.05) is 17.7 Å². The van der Waals surface area contributed by atoms with Crippen LogP contribution in [0.4, 0.5) is 0 Å². The fourth-order valence-corrected chi connectivity index (χ4v) is 4.79. The number of halogens is 1. The number of unbranched alkanes of at least 4 members (excludes halogenated alkanes) is 1. The largest absolute Gasteiger partial charge is 0.495 e. The van der Waals surface area contributed by atoms with Crippen molar-refractivity contribution in [1.82, 2.24) is 15.1 Å². The maximum absolute atomic E-state index is 12.5. The van der Waals surface area contributed by atoms with E-state index in [0.717, 1.165) is 44.8 Å². The summed E-state index contributed by atoms with van der Waals surface area (Å²) in [6.45, 7) is 11.0. The Morgan fingerprint density at radius 3 is 2.51 bits per heavy atom. The Morgan fingerprint density at radius 1 is 1.14 bits per heavy atom. The molecule has 3 rings (SSSR count). The Kier molecular flexibility index (Phi) is 9.84. The lowest BCUT2D eigenvalue weighted by Gasteiger charge is -2.44. The van der Waals surface area contributed by atoms with Crippen molar-refractivity contribution in [3.05, 3.63) is 57.6 Å². The lowest BCUT2D eigenvalue weighted by Crippen LogP contribution is -2.52. The summed E-state index contributed by atoms with van der Waals surface area (Å²) in [5.74, 6) is 1.90. The molecule has 35 heavy (non-hydrogen) atoms. The first kappa shape index (κ1) is 27.3. The van der Waals surface area contributed by atoms with E-state index in [-0.39, 0.29) is 5.91 Å². The Balaban J connectivity index is 1.46. The molecule has 2 aromatic rings. The molecule has 1 heterocycles. The fraction of sp³-hybridized carbons (Fsp3) is 0.536. The van der Waals surface area contributed by atoms with Gasteiger partial charge in [0.2, 0.25) is 0 Å². The summed E-state index contributed by atoms with van der Waals surface area (Å²) < 4.78 is 11.2. The first-order valence-corrected chi connectivity index (χ1v) is 12.8. The van der Waals surface area contributed by atoms with E-state index in [1.165, 1.54) is 16.7 Å². The van der Waals surface area contributed by atoms with Gasteiger partial charge in [0.15, 0.2) is 0 Å². The third-order valence-electron chi connectivity index (χ3n) is 6.99. The minimum absolute atomic E-state index is 0.107. The number of nitrogens with one attached hydrogen (secondary N) is 1. The summed E-state index contributed by atoms with van der Waals surface area (Å²) in [6.07, 6.45) is 2.20. The molecule has 1 saturated heterocycles. The minimum Gasteiger partial charge on any atom is -0.495 e. The summed E-state index contributed by atoms with van der Waals surface area (Å²) in [5, 5.41) is 3.48. The zero-order valence-electron chi connectivity index (χ0n) is 22.0. The number of amides is 1. The standard InChI is InChI=1S/C28H40ClN3O3/c1-19-20(2)26(35-14-8-7-13-31(4)5)12-10-24(19)21(3)32-17-22(18-32)16-30-28(33)23-9-11-27(34-6)25(29)15-23/h9-12,15,21-22H,7-8,13-14,16-18H2,1-6H3,(H,30,33). The summed E-state index contributed by atoms with van der Waals surface area (Å²) in [5.41, 5.74) is 4.42. The zero-order valence-corrected chi connectivity index (χ0v) is 22.7. The van der Waals surface area contributed by atoms with E-state index >= 15 is 0 Å². The quantitative estimate of drug-likeness (QED) is 0.410. The molecule has 0 spiro atoms. The van der Waals surface area contributed by atoms with E-state index in [0.29, 0.717) is 34.8 Å². The number of hydrogen-bond donors (Lipinski definition) is 1. The molecule has 6 nitrogen and oxygen atoms in total. The van der Waals surface area contributed by atoms with Crippen LogP contribution in [-0.4, -0.2) is 69.7 Å². The van der Waals surface area contributed by atoms with Crippen LogP contribution in [0.25, 0.3) is 0 Å². The summed E-state index contributed by atoms with van der Waals surface area (Å²) >= 11 is 6.15. The molecule has 192 valence electrons. The summed E-state index contributed by atoms with van der Waals surface area (Å²) in [7, 11) is 5.76. The van der Waals surface area contributed by atoms with Crippen LogP contribution in [0.15, 0.2) is 30.3 Å². The molecule has 0 saturated carbocycles. The lowest BCUT2D eigenvalue weighted by atomic mass is 9.91. The predicted molar refractivity (Wildman–Crippen MR) is 143 cm³/mol. The van der Waals surface area contributed by atoms with Crippen LogP contribution < -0.4 is 14.8 Å². The topological polar surface area (TPSA) is 54.0 Å². The molecule has 0 radical (unpaired) electrons. The zero-order chi connectivity index (χ0) is 25.5. The average molecular weight is 502 g/mol. The van der Waals surface area contributed by atoms with Crippen molar-refractivity contribution in [2.45, 2.75) is 39.7 Å². The maximum Gasteiger partial charge on any atom is 0.251 e. The summed E-state index contributed by atoms with van der Waals surface area (Å²) in [6, 6.07) is 9.76. The Bertz CT molecular complexity index is 1010. The van der Waals surface area contributed by atoms with Crippen molar-refractivity contribution in [2.24, 2.45) is 5.92 Å². The van der Waals surface area contributed by atoms with E-state index in [1.807, 2.05) is 0 Å². The van der Waals surface area contributed by atoms with E-state index in [1.54, 1.807) is 25.3 Å². The molecular weight excluding hydrogens is 462 g/mol. The number of likely N-dealkylation sites (tertiary alicyclic amines) is 1. The van der Waals surface area contributed by atoms with Crippen LogP contribution >= 0.6 is 11.6 Å². The molecule has 7 heteroatoms. The van der Waals surface area contributed by atoms with Crippen LogP contribution in [0, 0.1) is 19.8 Å². The van der Waals surface area contributed by atoms with E-state index in [9.17, 15) is 4.79 Å². The smallest absolute Gasteiger partial charge is 0.251 e. The van der Waals surface area contributed by atoms with E-state index in [4.69, 9.17) is 21.1 Å². The van der Waals surface area contributed by atoms with Gasteiger partial charge >= 0.3 is 0 Å². The first-order chi connectivity index (χ1) is 16.7. The lowest BCUT2D eigenvalue weighted by molar-refractivity contribution is 0.0569. The van der Waals surface area contributed by atoms with Crippen molar-refractivity contribution in [1.29, 1.82) is 0 Å². The third-order valence-corrected chi connectivity index (χ3v) is 7.28. The molecule has 1 N–H and O–H groups in total. The number of nitrogens with zero attached hydrogens (tertiary/aromatic N) is 2. The van der Waals surface area contributed by atoms with Crippen molar-refractivity contribution < 1.29 is 14.3 Å². The molecule has 2 aromatic carbocycles. The SMILES string of the molecule is COc1ccc(C(=O)NCC2CN(C(C)c3ccc(OCCCCN(C)C)c(C)c3C)C2)cc1Cl. The molecule has 1 amide bonds. The number of carbonyl (C=O) groups excluding carboxylic acids is 1. The maximum atomic E-state index is 12.5. The Morgan fingerprint density at radius 2 is 1.86 bits per heavy atom. The van der Waals surface area contributed by atoms with Crippen LogP contribution in [0.5, 0.6) is 11.5 Å². The van der Waals surface area contributed by atoms with Gasteiger partial charge in [0, 0.05) is 37.2 Å². The van der Waals surface area contributed by atoms with Gasteiger partial charge in [-0.05, 0) is 95.2 Å². The molecule has 1 fully saturated rings. The predicted octanol–water partition coefficient (Wildman–Crippen LogP) is 5.11. The van der Waals surface area contributed by atoms with Crippen molar-refractivity contribution >= 4 is 17.5 Å². The molecule has 0 aromatic heterocycles. The van der Waals surface area contributed by atoms with Gasteiger partial charge in [0.05, 0.1) is 18.7 Å². The highest BCUT2D eigenvalue weighted by Gasteiger charge is 2.32. The normalized spacial score (nSPS) is 15.1. The third kappa shape index (κ3) is 7.12. The van der Waals surface area contributed by atoms with E-state index in [2.05, 4.69) is 62.1 Å². The Hall–Kier alpha value is -2.28. The number of methoxy groups -OCH3 is 1. The summed E-state index contributed by atoms with van der Waals surface area (Å²) in [4.78, 5) is 17.2. The monoisotopic (exact) mass is 501 g/mol. The second kappa shape index (κ2) is 12.6. The molecule has 1 unspecified atom stereocenters.